The van der Waals surface area contributed by atoms with Crippen molar-refractivity contribution in [2.45, 2.75) is 4.90 Å². The molecule has 0 spiro atoms. The first-order valence-corrected chi connectivity index (χ1v) is 7.94. The number of hydrogen-bond donors (Lipinski definition) is 1. The monoisotopic (exact) mass is 339 g/mol. The molecule has 122 valence electrons. The number of ether oxygens (including phenoxy) is 1. The van der Waals surface area contributed by atoms with E-state index in [0.717, 1.165) is 22.5 Å². The summed E-state index contributed by atoms with van der Waals surface area (Å²) in [6.07, 6.45) is 0. The normalized spacial score (nSPS) is 11.0. The van der Waals surface area contributed by atoms with E-state index in [1.165, 1.54) is 7.05 Å². The Morgan fingerprint density at radius 1 is 1.22 bits per heavy atom. The molecule has 2 aromatic carbocycles. The van der Waals surface area contributed by atoms with Crippen molar-refractivity contribution < 1.29 is 27.4 Å². The molecular weight excluding hydrogens is 325 g/mol. The summed E-state index contributed by atoms with van der Waals surface area (Å²) in [5.41, 5.74) is 0.430. The fourth-order valence-corrected chi connectivity index (χ4v) is 3.04. The molecule has 0 heterocycles. The number of sulfonamides is 1. The molecule has 0 aliphatic carbocycles. The van der Waals surface area contributed by atoms with Crippen LogP contribution in [-0.4, -0.2) is 33.1 Å². The maximum absolute atomic E-state index is 13.9. The van der Waals surface area contributed by atoms with Crippen LogP contribution in [0.1, 0.15) is 0 Å². The van der Waals surface area contributed by atoms with Crippen molar-refractivity contribution in [3.05, 3.63) is 54.3 Å². The number of benzene rings is 2. The minimum absolute atomic E-state index is 0.260. The van der Waals surface area contributed by atoms with Gasteiger partial charge in [-0.05, 0) is 30.3 Å². The Kier molecular flexibility index (Phi) is 4.85. The molecule has 0 saturated heterocycles. The van der Waals surface area contributed by atoms with E-state index in [-0.39, 0.29) is 10.6 Å². The number of nitrogens with zero attached hydrogens (tertiary/aromatic N) is 1. The zero-order valence-electron chi connectivity index (χ0n) is 12.1. The topological polar surface area (TPSA) is 83.9 Å². The van der Waals surface area contributed by atoms with Crippen molar-refractivity contribution in [2.75, 3.05) is 18.0 Å². The molecule has 1 N–H and O–H groups in total. The summed E-state index contributed by atoms with van der Waals surface area (Å²) >= 11 is 0. The van der Waals surface area contributed by atoms with E-state index in [1.807, 2.05) is 0 Å². The van der Waals surface area contributed by atoms with Gasteiger partial charge in [0.05, 0.1) is 10.6 Å². The van der Waals surface area contributed by atoms with Gasteiger partial charge in [0.2, 0.25) is 0 Å². The van der Waals surface area contributed by atoms with Crippen LogP contribution < -0.4 is 9.04 Å². The number of carbonyl (C=O) groups is 1. The van der Waals surface area contributed by atoms with Gasteiger partial charge in [0.1, 0.15) is 0 Å². The number of para-hydroxylation sites is 1. The first kappa shape index (κ1) is 16.8. The molecule has 0 atom stereocenters. The molecule has 0 aliphatic rings. The molecule has 0 aromatic heterocycles. The Labute approximate surface area is 132 Å². The molecule has 23 heavy (non-hydrogen) atoms. The van der Waals surface area contributed by atoms with E-state index >= 15 is 0 Å². The summed E-state index contributed by atoms with van der Waals surface area (Å²) < 4.78 is 44.6. The number of anilines is 1. The third-order valence-corrected chi connectivity index (χ3v) is 4.81. The number of carboxylic acids is 1. The van der Waals surface area contributed by atoms with Gasteiger partial charge >= 0.3 is 5.97 Å². The first-order chi connectivity index (χ1) is 10.8. The summed E-state index contributed by atoms with van der Waals surface area (Å²) in [7, 11) is -2.58. The average molecular weight is 339 g/mol. The standard InChI is InChI=1S/C15H14FNO5S/c1-17(11-5-3-2-4-6-11)23(20,21)12-7-8-14(13(16)9-12)22-10-15(18)19/h2-9H,10H2,1H3,(H,18,19). The number of carboxylic acid groups (broad SMARTS) is 1. The maximum atomic E-state index is 13.9. The highest BCUT2D eigenvalue weighted by atomic mass is 32.2. The fourth-order valence-electron chi connectivity index (χ4n) is 1.83. The third kappa shape index (κ3) is 3.78. The molecule has 2 aromatic rings. The van der Waals surface area contributed by atoms with E-state index in [9.17, 15) is 17.6 Å². The second-order valence-electron chi connectivity index (χ2n) is 4.58. The van der Waals surface area contributed by atoms with E-state index in [4.69, 9.17) is 9.84 Å². The maximum Gasteiger partial charge on any atom is 0.341 e. The van der Waals surface area contributed by atoms with Crippen LogP contribution >= 0.6 is 0 Å². The minimum Gasteiger partial charge on any atom is -0.479 e. The lowest BCUT2D eigenvalue weighted by Crippen LogP contribution is -2.26. The smallest absolute Gasteiger partial charge is 0.341 e. The predicted molar refractivity (Wildman–Crippen MR) is 81.6 cm³/mol. The van der Waals surface area contributed by atoms with Crippen molar-refractivity contribution >= 4 is 21.7 Å². The largest absolute Gasteiger partial charge is 0.479 e. The molecule has 0 unspecified atom stereocenters. The quantitative estimate of drug-likeness (QED) is 0.871. The Balaban J connectivity index is 2.30. The molecular formula is C15H14FNO5S. The first-order valence-electron chi connectivity index (χ1n) is 6.50. The lowest BCUT2D eigenvalue weighted by Gasteiger charge is -2.19. The summed E-state index contributed by atoms with van der Waals surface area (Å²) in [4.78, 5) is 10.1. The van der Waals surface area contributed by atoms with Crippen LogP contribution in [0.5, 0.6) is 5.75 Å². The summed E-state index contributed by atoms with van der Waals surface area (Å²) in [5, 5.41) is 8.50. The SMILES string of the molecule is CN(c1ccccc1)S(=O)(=O)c1ccc(OCC(=O)O)c(F)c1. The highest BCUT2D eigenvalue weighted by molar-refractivity contribution is 7.92. The van der Waals surface area contributed by atoms with E-state index in [1.54, 1.807) is 30.3 Å². The second-order valence-corrected chi connectivity index (χ2v) is 6.55. The van der Waals surface area contributed by atoms with Gasteiger partial charge in [0.15, 0.2) is 18.2 Å². The molecule has 0 amide bonds. The average Bonchev–Trinajstić information content (AvgIpc) is 2.53. The van der Waals surface area contributed by atoms with Gasteiger partial charge in [-0.25, -0.2) is 17.6 Å². The zero-order chi connectivity index (χ0) is 17.0. The fraction of sp³-hybridized carbons (Fsp3) is 0.133. The summed E-state index contributed by atoms with van der Waals surface area (Å²) in [5.74, 6) is -2.53. The lowest BCUT2D eigenvalue weighted by molar-refractivity contribution is -0.139. The van der Waals surface area contributed by atoms with Crippen molar-refractivity contribution in [3.63, 3.8) is 0 Å². The van der Waals surface area contributed by atoms with Gasteiger partial charge in [-0.3, -0.25) is 4.31 Å². The number of aliphatic carboxylic acids is 1. The highest BCUT2D eigenvalue weighted by Crippen LogP contribution is 2.25. The van der Waals surface area contributed by atoms with Crippen LogP contribution in [0.4, 0.5) is 10.1 Å². The molecule has 2 rings (SSSR count). The Bertz CT molecular complexity index is 808. The Morgan fingerprint density at radius 3 is 2.43 bits per heavy atom. The molecule has 8 heteroatoms. The van der Waals surface area contributed by atoms with Gasteiger partial charge < -0.3 is 9.84 Å². The van der Waals surface area contributed by atoms with Gasteiger partial charge in [0.25, 0.3) is 10.0 Å². The summed E-state index contributed by atoms with van der Waals surface area (Å²) in [6.45, 7) is -0.715. The molecule has 0 radical (unpaired) electrons. The summed E-state index contributed by atoms with van der Waals surface area (Å²) in [6, 6.07) is 11.4. The van der Waals surface area contributed by atoms with Crippen LogP contribution in [0.3, 0.4) is 0 Å². The molecule has 6 nitrogen and oxygen atoms in total. The Hall–Kier alpha value is -2.61. The molecule has 0 fully saturated rings. The molecule has 0 aliphatic heterocycles. The van der Waals surface area contributed by atoms with Crippen LogP contribution in [0, 0.1) is 5.82 Å². The van der Waals surface area contributed by atoms with E-state index in [2.05, 4.69) is 0 Å². The number of halogens is 1. The minimum atomic E-state index is -3.94. The molecule has 0 bridgehead atoms. The van der Waals surface area contributed by atoms with Crippen molar-refractivity contribution in [1.29, 1.82) is 0 Å². The molecule has 0 saturated carbocycles. The van der Waals surface area contributed by atoms with Gasteiger partial charge in [-0.1, -0.05) is 18.2 Å². The van der Waals surface area contributed by atoms with Crippen LogP contribution in [0.2, 0.25) is 0 Å². The zero-order valence-corrected chi connectivity index (χ0v) is 13.0. The third-order valence-electron chi connectivity index (χ3n) is 3.03. The number of rotatable bonds is 6. The van der Waals surface area contributed by atoms with Gasteiger partial charge in [-0.15, -0.1) is 0 Å². The second kappa shape index (κ2) is 6.66. The predicted octanol–water partition coefficient (Wildman–Crippen LogP) is 2.11. The van der Waals surface area contributed by atoms with Crippen molar-refractivity contribution in [2.24, 2.45) is 0 Å². The van der Waals surface area contributed by atoms with Crippen molar-refractivity contribution in [1.82, 2.24) is 0 Å². The van der Waals surface area contributed by atoms with Gasteiger partial charge in [0, 0.05) is 7.05 Å². The van der Waals surface area contributed by atoms with Crippen LogP contribution in [-0.2, 0) is 14.8 Å². The van der Waals surface area contributed by atoms with E-state index in [0.29, 0.717) is 5.69 Å². The van der Waals surface area contributed by atoms with E-state index < -0.39 is 28.4 Å². The number of hydrogen-bond acceptors (Lipinski definition) is 4. The van der Waals surface area contributed by atoms with Crippen LogP contribution in [0.25, 0.3) is 0 Å². The Morgan fingerprint density at radius 2 is 1.87 bits per heavy atom. The van der Waals surface area contributed by atoms with Crippen molar-refractivity contribution in [3.8, 4) is 5.75 Å². The van der Waals surface area contributed by atoms with Gasteiger partial charge in [-0.2, -0.15) is 0 Å². The van der Waals surface area contributed by atoms with Crippen LogP contribution in [0.15, 0.2) is 53.4 Å². The lowest BCUT2D eigenvalue weighted by atomic mass is 10.3. The highest BCUT2D eigenvalue weighted by Gasteiger charge is 2.22.